The van der Waals surface area contributed by atoms with E-state index in [1.807, 2.05) is 211 Å². The zero-order chi connectivity index (χ0) is 94.8. The highest BCUT2D eigenvalue weighted by atomic mass is 32.1. The second kappa shape index (κ2) is 34.6. The van der Waals surface area contributed by atoms with Gasteiger partial charge in [-0.2, -0.15) is 0 Å². The third-order valence-corrected chi connectivity index (χ3v) is 30.0. The summed E-state index contributed by atoms with van der Waals surface area (Å²) in [6.07, 6.45) is 0. The van der Waals surface area contributed by atoms with Crippen molar-refractivity contribution in [1.29, 1.82) is 0 Å². The van der Waals surface area contributed by atoms with Gasteiger partial charge < -0.3 is 18.1 Å². The van der Waals surface area contributed by atoms with E-state index in [0.29, 0.717) is 52.4 Å². The van der Waals surface area contributed by atoms with Crippen molar-refractivity contribution in [3.05, 3.63) is 473 Å². The number of rotatable bonds is 12. The largest absolute Gasteiger partial charge is 0.454 e. The molecule has 0 spiro atoms. The Hall–Kier alpha value is -18.9. The van der Waals surface area contributed by atoms with E-state index in [1.54, 1.807) is 0 Å². The molecule has 0 aliphatic carbocycles. The molecule has 0 amide bonds. The van der Waals surface area contributed by atoms with Gasteiger partial charge >= 0.3 is 0 Å². The number of hydrogen-bond donors (Lipinski definition) is 0. The van der Waals surface area contributed by atoms with Gasteiger partial charge in [0.25, 0.3) is 0 Å². The first-order chi connectivity index (χ1) is 71.4. The number of aromatic nitrogens is 12. The molecule has 21 aromatic carbocycles. The van der Waals surface area contributed by atoms with Crippen molar-refractivity contribution in [2.75, 3.05) is 0 Å². The van der Waals surface area contributed by atoms with E-state index in [-0.39, 0.29) is 0 Å². The first kappa shape index (κ1) is 83.3. The van der Waals surface area contributed by atoms with E-state index in [4.69, 9.17) is 49.3 Å². The van der Waals surface area contributed by atoms with Crippen molar-refractivity contribution in [3.63, 3.8) is 0 Å². The molecule has 9 aromatic heterocycles. The molecule has 9 heterocycles. The number of para-hydroxylation sites is 4. The van der Waals surface area contributed by atoms with Gasteiger partial charge in [0.15, 0.2) is 58.0 Å². The van der Waals surface area contributed by atoms with E-state index in [9.17, 15) is 0 Å². The van der Waals surface area contributed by atoms with Crippen LogP contribution in [0.1, 0.15) is 0 Å². The minimum absolute atomic E-state index is 0.627. The minimum atomic E-state index is 0.627. The summed E-state index contributed by atoms with van der Waals surface area (Å²) in [7, 11) is 0. The van der Waals surface area contributed by atoms with E-state index in [1.165, 1.54) is 127 Å². The fraction of sp³-hybridized carbons (Fsp3) is 0. The molecular weight excluding hydrogens is 1800 g/mol. The molecule has 672 valence electrons. The molecule has 0 fully saturated rings. The molecule has 0 unspecified atom stereocenters. The van der Waals surface area contributed by atoms with Gasteiger partial charge in [0.05, 0.1) is 42.5 Å². The summed E-state index contributed by atoms with van der Waals surface area (Å²) < 4.78 is 19.1. The molecular formula is C129H78N12OS2. The molecule has 0 saturated heterocycles. The zero-order valence-electron chi connectivity index (χ0n) is 77.1. The second-order valence-electron chi connectivity index (χ2n) is 36.0. The van der Waals surface area contributed by atoms with Crippen molar-refractivity contribution in [1.82, 2.24) is 58.6 Å². The predicted octanol–water partition coefficient (Wildman–Crippen LogP) is 34.0. The maximum absolute atomic E-state index is 6.72. The molecule has 0 atom stereocenters. The lowest BCUT2D eigenvalue weighted by molar-refractivity contribution is 0.671. The molecule has 0 aliphatic heterocycles. The number of benzene rings is 21. The van der Waals surface area contributed by atoms with Gasteiger partial charge in [-0.25, -0.2) is 44.9 Å². The van der Waals surface area contributed by atoms with E-state index in [2.05, 4.69) is 299 Å². The Bertz CT molecular complexity index is 9780. The molecule has 144 heavy (non-hydrogen) atoms. The second-order valence-corrected chi connectivity index (χ2v) is 38.1. The molecule has 13 nitrogen and oxygen atoms in total. The van der Waals surface area contributed by atoms with Gasteiger partial charge in [0.1, 0.15) is 5.58 Å². The number of nitrogens with zero attached hydrogens (tertiary/aromatic N) is 12. The van der Waals surface area contributed by atoms with E-state index < -0.39 is 0 Å². The van der Waals surface area contributed by atoms with Crippen LogP contribution in [-0.2, 0) is 0 Å². The highest BCUT2D eigenvalue weighted by Crippen LogP contribution is 2.52. The Labute approximate surface area is 832 Å². The average molecular weight is 1880 g/mol. The van der Waals surface area contributed by atoms with Gasteiger partial charge in [-0.1, -0.05) is 376 Å². The van der Waals surface area contributed by atoms with Crippen LogP contribution in [0.2, 0.25) is 0 Å². The predicted molar refractivity (Wildman–Crippen MR) is 597 cm³/mol. The maximum Gasteiger partial charge on any atom is 0.164 e. The van der Waals surface area contributed by atoms with Crippen molar-refractivity contribution in [2.45, 2.75) is 0 Å². The maximum atomic E-state index is 6.72. The lowest BCUT2D eigenvalue weighted by Crippen LogP contribution is -2.01. The summed E-state index contributed by atoms with van der Waals surface area (Å²) >= 11 is 3.76. The molecule has 0 radical (unpaired) electrons. The van der Waals surface area contributed by atoms with Crippen LogP contribution in [0.15, 0.2) is 478 Å². The van der Waals surface area contributed by atoms with Crippen molar-refractivity contribution in [3.8, 4) is 120 Å². The lowest BCUT2D eigenvalue weighted by atomic mass is 9.99. The molecule has 0 N–H and O–H groups in total. The van der Waals surface area contributed by atoms with E-state index >= 15 is 0 Å². The number of hydrogen-bond acceptors (Lipinski definition) is 12. The first-order valence-corrected chi connectivity index (χ1v) is 49.8. The molecule has 30 rings (SSSR count). The van der Waals surface area contributed by atoms with Gasteiger partial charge in [-0.05, 0) is 129 Å². The molecule has 0 saturated carbocycles. The van der Waals surface area contributed by atoms with Crippen molar-refractivity contribution < 1.29 is 4.42 Å². The molecule has 15 heteroatoms. The lowest BCUT2D eigenvalue weighted by Gasteiger charge is -2.12. The van der Waals surface area contributed by atoms with Crippen LogP contribution in [0.25, 0.3) is 280 Å². The summed E-state index contributed by atoms with van der Waals surface area (Å²) in [6.45, 7) is 0. The summed E-state index contributed by atoms with van der Waals surface area (Å²) in [4.78, 5) is 44.5. The smallest absolute Gasteiger partial charge is 0.164 e. The molecule has 0 bridgehead atoms. The quantitative estimate of drug-likeness (QED) is 0.116. The van der Waals surface area contributed by atoms with Crippen LogP contribution < -0.4 is 0 Å². The normalized spacial score (nSPS) is 11.8. The summed E-state index contributed by atoms with van der Waals surface area (Å²) in [5.74, 6) is 5.82. The van der Waals surface area contributed by atoms with E-state index in [0.717, 1.165) is 100 Å². The fourth-order valence-corrected chi connectivity index (χ4v) is 23.8. The van der Waals surface area contributed by atoms with Gasteiger partial charge in [-0.15, -0.1) is 22.7 Å². The van der Waals surface area contributed by atoms with Crippen LogP contribution in [0, 0.1) is 0 Å². The SMILES string of the molecule is c1ccc(-c2nc(-c3ccccc3)nc(-c3ccc(-n4c5ccccc5c5c6ccccc6c6c7ccccc7oc6c54)cc3)n2)cc1.c1ccc(-c2nc(-c3ccccc3)nc(-c3ccc(-n4c5ccccc5c5c6ccccc6c6c7ccccc7sc6c54)cc3)n2)cc1.c1ccc(-c2nc(-c3ccccc3)nc(-c3cccc(-n4c5ccccc5c5c6ccccc6c6c7ccccc7sc6c54)c3)n2)cc1. The Morgan fingerprint density at radius 1 is 0.167 bits per heavy atom. The van der Waals surface area contributed by atoms with Crippen molar-refractivity contribution >= 4 is 183 Å². The van der Waals surface area contributed by atoms with Gasteiger partial charge in [0.2, 0.25) is 0 Å². The zero-order valence-corrected chi connectivity index (χ0v) is 78.8. The first-order valence-electron chi connectivity index (χ1n) is 48.1. The van der Waals surface area contributed by atoms with Crippen LogP contribution in [0.4, 0.5) is 0 Å². The standard InChI is InChI=1S/C43H26N4O.2C43H26N4S/c1-3-13-27(14-4-1)41-44-42(28-15-5-2-6-16-28)46-43(45-41)29-23-25-30(26-24-29)47-35-21-11-9-19-33(35)37-31-17-7-8-18-32(31)38-34-20-10-12-22-36(34)48-40(38)39(37)47;1-3-14-27(15-4-1)41-44-42(28-16-5-2-6-17-28)46-43(45-41)29-18-13-19-30(26-29)47-35-24-11-9-22-33(35)37-31-20-7-8-21-32(31)38-34-23-10-12-25-36(34)48-40(38)39(37)47;1-3-13-27(14-4-1)41-44-42(28-15-5-2-6-16-28)46-43(45-41)29-23-25-30(26-24-29)47-35-21-11-9-19-33(35)37-31-17-7-8-18-32(31)38-34-20-10-12-22-36(34)48-40(38)39(37)47/h3*1-26H. The number of furan rings is 1. The Morgan fingerprint density at radius 3 is 0.757 bits per heavy atom. The van der Waals surface area contributed by atoms with Crippen LogP contribution in [0.5, 0.6) is 0 Å². The van der Waals surface area contributed by atoms with Crippen LogP contribution in [-0.4, -0.2) is 58.6 Å². The Kier molecular flexibility index (Phi) is 20.0. The molecule has 30 aromatic rings. The Balaban J connectivity index is 0.000000105. The average Bonchev–Trinajstić information content (AvgIpc) is 1.54. The molecule has 0 aliphatic rings. The fourth-order valence-electron chi connectivity index (χ4n) is 21.3. The third-order valence-electron chi connectivity index (χ3n) is 27.7. The summed E-state index contributed by atoms with van der Waals surface area (Å²) in [5, 5.41) is 22.5. The van der Waals surface area contributed by atoms with Gasteiger partial charge in [-0.3, -0.25) is 0 Å². The topological polar surface area (TPSA) is 144 Å². The van der Waals surface area contributed by atoms with Crippen LogP contribution >= 0.6 is 22.7 Å². The highest BCUT2D eigenvalue weighted by molar-refractivity contribution is 7.27. The third kappa shape index (κ3) is 14.0. The van der Waals surface area contributed by atoms with Crippen molar-refractivity contribution in [2.24, 2.45) is 0 Å². The summed E-state index contributed by atoms with van der Waals surface area (Å²) in [6, 6.07) is 165. The number of fused-ring (bicyclic) bond motifs is 30. The monoisotopic (exact) mass is 1870 g/mol. The Morgan fingerprint density at radius 2 is 0.410 bits per heavy atom. The number of thiophene rings is 2. The van der Waals surface area contributed by atoms with Crippen LogP contribution in [0.3, 0.4) is 0 Å². The minimum Gasteiger partial charge on any atom is -0.454 e. The van der Waals surface area contributed by atoms with Gasteiger partial charge in [0, 0.05) is 141 Å². The highest BCUT2D eigenvalue weighted by Gasteiger charge is 2.29. The summed E-state index contributed by atoms with van der Waals surface area (Å²) in [5.41, 5.74) is 20.5.